The van der Waals surface area contributed by atoms with Crippen LogP contribution in [0.2, 0.25) is 0 Å². The smallest absolute Gasteiger partial charge is 0.488 e. The van der Waals surface area contributed by atoms with Crippen molar-refractivity contribution in [1.82, 2.24) is 4.98 Å². The molecule has 1 aromatic heterocycles. The molecule has 1 aromatic rings. The van der Waals surface area contributed by atoms with Crippen LogP contribution in [0.15, 0.2) is 12.3 Å². The first-order valence-corrected chi connectivity index (χ1v) is 7.45. The molecule has 2 heterocycles. The van der Waals surface area contributed by atoms with Crippen LogP contribution < -0.4 is 10.2 Å². The van der Waals surface area contributed by atoms with Gasteiger partial charge in [-0.15, -0.1) is 0 Å². The number of hydrogen-bond acceptors (Lipinski definition) is 5. The summed E-state index contributed by atoms with van der Waals surface area (Å²) in [6.45, 7) is 7.86. The Labute approximate surface area is 129 Å². The molecule has 3 rings (SSSR count). The maximum atomic E-state index is 11.3. The van der Waals surface area contributed by atoms with Gasteiger partial charge >= 0.3 is 13.1 Å². The Morgan fingerprint density at radius 3 is 2.41 bits per heavy atom. The van der Waals surface area contributed by atoms with Crippen molar-refractivity contribution in [1.29, 1.82) is 0 Å². The van der Waals surface area contributed by atoms with Crippen molar-refractivity contribution in [2.75, 3.05) is 0 Å². The lowest BCUT2D eigenvalue weighted by molar-refractivity contribution is 0.00578. The molecule has 1 saturated carbocycles. The molecular formula is C15H20BNO5. The molecule has 1 aliphatic heterocycles. The van der Waals surface area contributed by atoms with E-state index in [1.165, 1.54) is 6.20 Å². The highest BCUT2D eigenvalue weighted by Crippen LogP contribution is 2.37. The number of ether oxygens (including phenoxy) is 1. The number of carboxylic acids is 1. The van der Waals surface area contributed by atoms with E-state index in [9.17, 15) is 9.90 Å². The number of aromatic nitrogens is 1. The minimum absolute atomic E-state index is 0.0767. The summed E-state index contributed by atoms with van der Waals surface area (Å²) in [6, 6.07) is 1.66. The van der Waals surface area contributed by atoms with Gasteiger partial charge in [-0.3, -0.25) is 0 Å². The molecular weight excluding hydrogens is 285 g/mol. The van der Waals surface area contributed by atoms with E-state index < -0.39 is 24.3 Å². The Hall–Kier alpha value is -1.60. The molecule has 1 N–H and O–H groups in total. The van der Waals surface area contributed by atoms with Gasteiger partial charge in [-0.25, -0.2) is 9.78 Å². The molecule has 118 valence electrons. The Morgan fingerprint density at radius 1 is 1.32 bits per heavy atom. The van der Waals surface area contributed by atoms with E-state index in [1.807, 2.05) is 27.7 Å². The monoisotopic (exact) mass is 305 g/mol. The van der Waals surface area contributed by atoms with Gasteiger partial charge in [0.05, 0.1) is 17.3 Å². The second-order valence-corrected chi connectivity index (χ2v) is 6.83. The highest BCUT2D eigenvalue weighted by molar-refractivity contribution is 6.62. The molecule has 0 amide bonds. The van der Waals surface area contributed by atoms with Crippen molar-refractivity contribution in [3.63, 3.8) is 0 Å². The average molecular weight is 305 g/mol. The van der Waals surface area contributed by atoms with Crippen molar-refractivity contribution in [2.45, 2.75) is 57.8 Å². The van der Waals surface area contributed by atoms with Crippen LogP contribution in [0, 0.1) is 0 Å². The minimum atomic E-state index is -1.10. The normalized spacial score (nSPS) is 22.6. The fourth-order valence-electron chi connectivity index (χ4n) is 2.18. The van der Waals surface area contributed by atoms with Gasteiger partial charge in [-0.05, 0) is 46.6 Å². The van der Waals surface area contributed by atoms with E-state index >= 15 is 0 Å². The van der Waals surface area contributed by atoms with Crippen molar-refractivity contribution in [3.05, 3.63) is 18.0 Å². The number of pyridine rings is 1. The Kier molecular flexibility index (Phi) is 3.45. The molecule has 0 radical (unpaired) electrons. The van der Waals surface area contributed by atoms with Gasteiger partial charge in [0.25, 0.3) is 0 Å². The molecule has 0 bridgehead atoms. The maximum absolute atomic E-state index is 11.3. The molecule has 0 atom stereocenters. The summed E-state index contributed by atoms with van der Waals surface area (Å²) in [7, 11) is -0.582. The fraction of sp³-hybridized carbons (Fsp3) is 0.600. The fourth-order valence-corrected chi connectivity index (χ4v) is 2.18. The third kappa shape index (κ3) is 2.70. The van der Waals surface area contributed by atoms with Crippen LogP contribution in [-0.2, 0) is 9.31 Å². The number of rotatable bonds is 4. The van der Waals surface area contributed by atoms with Crippen molar-refractivity contribution < 1.29 is 23.9 Å². The van der Waals surface area contributed by atoms with Crippen molar-refractivity contribution in [3.8, 4) is 5.75 Å². The third-order valence-corrected chi connectivity index (χ3v) is 4.42. The number of carboxylic acid groups (broad SMARTS) is 1. The highest BCUT2D eigenvalue weighted by Gasteiger charge is 2.52. The van der Waals surface area contributed by atoms with Crippen LogP contribution in [0.3, 0.4) is 0 Å². The van der Waals surface area contributed by atoms with Crippen LogP contribution in [0.5, 0.6) is 5.75 Å². The van der Waals surface area contributed by atoms with Gasteiger partial charge in [0.1, 0.15) is 0 Å². The molecule has 2 aliphatic rings. The zero-order chi connectivity index (χ0) is 16.1. The molecule has 6 nitrogen and oxygen atoms in total. The van der Waals surface area contributed by atoms with Gasteiger partial charge in [0, 0.05) is 11.7 Å². The van der Waals surface area contributed by atoms with E-state index in [0.717, 1.165) is 12.8 Å². The first-order chi connectivity index (χ1) is 10.2. The van der Waals surface area contributed by atoms with E-state index in [1.54, 1.807) is 6.07 Å². The van der Waals surface area contributed by atoms with Gasteiger partial charge in [0.15, 0.2) is 11.4 Å². The summed E-state index contributed by atoms with van der Waals surface area (Å²) in [5.41, 5.74) is -0.326. The lowest BCUT2D eigenvalue weighted by Gasteiger charge is -2.32. The van der Waals surface area contributed by atoms with E-state index in [4.69, 9.17) is 14.0 Å². The topological polar surface area (TPSA) is 77.9 Å². The van der Waals surface area contributed by atoms with Crippen LogP contribution >= 0.6 is 0 Å². The number of aromatic carboxylic acids is 1. The molecule has 7 heteroatoms. The maximum Gasteiger partial charge on any atom is 0.496 e. The largest absolute Gasteiger partial charge is 0.496 e. The van der Waals surface area contributed by atoms with Crippen LogP contribution in [0.25, 0.3) is 0 Å². The number of hydrogen-bond donors (Lipinski definition) is 1. The molecule has 0 unspecified atom stereocenters. The van der Waals surface area contributed by atoms with Gasteiger partial charge in [-0.2, -0.15) is 0 Å². The molecule has 22 heavy (non-hydrogen) atoms. The molecule has 0 spiro atoms. The first kappa shape index (κ1) is 15.3. The zero-order valence-corrected chi connectivity index (χ0v) is 13.3. The van der Waals surface area contributed by atoms with E-state index in [2.05, 4.69) is 4.98 Å². The first-order valence-electron chi connectivity index (χ1n) is 7.45. The Morgan fingerprint density at radius 2 is 1.91 bits per heavy atom. The van der Waals surface area contributed by atoms with Crippen LogP contribution in [0.4, 0.5) is 0 Å². The summed E-state index contributed by atoms with van der Waals surface area (Å²) in [5, 5.41) is 9.22. The van der Waals surface area contributed by atoms with Gasteiger partial charge < -0.3 is 19.2 Å². The Bertz CT molecular complexity index is 596. The number of nitrogens with zero attached hydrogens (tertiary/aromatic N) is 1. The molecule has 0 aromatic carbocycles. The van der Waals surface area contributed by atoms with Crippen LogP contribution in [0.1, 0.15) is 51.0 Å². The highest BCUT2D eigenvalue weighted by atomic mass is 16.7. The van der Waals surface area contributed by atoms with Gasteiger partial charge in [-0.1, -0.05) is 0 Å². The average Bonchev–Trinajstić information content (AvgIpc) is 3.17. The summed E-state index contributed by atoms with van der Waals surface area (Å²) in [6.07, 6.45) is 3.46. The van der Waals surface area contributed by atoms with Crippen molar-refractivity contribution >= 4 is 18.6 Å². The van der Waals surface area contributed by atoms with Crippen LogP contribution in [-0.4, -0.2) is 40.5 Å². The summed E-state index contributed by atoms with van der Waals surface area (Å²) >= 11 is 0. The minimum Gasteiger partial charge on any atom is -0.488 e. The lowest BCUT2D eigenvalue weighted by atomic mass is 9.80. The number of carbonyl (C=O) groups is 1. The molecule has 2 fully saturated rings. The quantitative estimate of drug-likeness (QED) is 0.852. The predicted octanol–water partition coefficient (Wildman–Crippen LogP) is 1.62. The zero-order valence-electron chi connectivity index (χ0n) is 13.3. The Balaban J connectivity index is 1.90. The summed E-state index contributed by atoms with van der Waals surface area (Å²) in [4.78, 5) is 15.3. The summed E-state index contributed by atoms with van der Waals surface area (Å²) in [5.74, 6) is -0.821. The van der Waals surface area contributed by atoms with Crippen molar-refractivity contribution in [2.24, 2.45) is 0 Å². The molecule has 1 aliphatic carbocycles. The predicted molar refractivity (Wildman–Crippen MR) is 80.6 cm³/mol. The van der Waals surface area contributed by atoms with E-state index in [0.29, 0.717) is 5.46 Å². The SMILES string of the molecule is CC1(C)OB(c2cnc(C(=O)O)c(OC3CC3)c2)OC1(C)C. The summed E-state index contributed by atoms with van der Waals surface area (Å²) < 4.78 is 17.6. The lowest BCUT2D eigenvalue weighted by Crippen LogP contribution is -2.41. The standard InChI is InChI=1S/C15H20BNO5/c1-14(2)15(3,4)22-16(21-14)9-7-11(20-10-5-6-10)12(13(18)19)17-8-9/h7-8,10H,5-6H2,1-4H3,(H,18,19). The van der Waals surface area contributed by atoms with E-state index in [-0.39, 0.29) is 17.5 Å². The molecule has 1 saturated heterocycles. The van der Waals surface area contributed by atoms with Gasteiger partial charge in [0.2, 0.25) is 0 Å². The second-order valence-electron chi connectivity index (χ2n) is 6.83. The second kappa shape index (κ2) is 4.96. The third-order valence-electron chi connectivity index (χ3n) is 4.42.